The summed E-state index contributed by atoms with van der Waals surface area (Å²) >= 11 is 0. The molecule has 0 unspecified atom stereocenters. The molecule has 0 amide bonds. The Hall–Kier alpha value is -1.89. The minimum Gasteiger partial charge on any atom is -0.334 e. The fraction of sp³-hybridized carbons (Fsp3) is 0.385. The number of alkyl halides is 3. The summed E-state index contributed by atoms with van der Waals surface area (Å²) in [6.07, 6.45) is -2.22. The molecule has 1 aliphatic carbocycles. The van der Waals surface area contributed by atoms with Gasteiger partial charge < -0.3 is 9.84 Å². The van der Waals surface area contributed by atoms with E-state index in [1.54, 1.807) is 0 Å². The average Bonchev–Trinajstić information content (AvgIpc) is 3.12. The molecule has 3 rings (SSSR count). The van der Waals surface area contributed by atoms with E-state index in [1.165, 1.54) is 18.2 Å². The first-order chi connectivity index (χ1) is 9.54. The quantitative estimate of drug-likeness (QED) is 0.937. The van der Waals surface area contributed by atoms with Gasteiger partial charge in [0.15, 0.2) is 5.82 Å². The molecule has 0 spiro atoms. The number of halogens is 3. The van der Waals surface area contributed by atoms with Gasteiger partial charge in [0.2, 0.25) is 0 Å². The second kappa shape index (κ2) is 4.90. The highest BCUT2D eigenvalue weighted by molar-refractivity contribution is 5.59. The van der Waals surface area contributed by atoms with Crippen LogP contribution in [-0.2, 0) is 12.7 Å². The predicted octanol–water partition coefficient (Wildman–Crippen LogP) is 3.01. The number of hydrogen-bond acceptors (Lipinski definition) is 4. The highest BCUT2D eigenvalue weighted by Gasteiger charge is 2.34. The highest BCUT2D eigenvalue weighted by Crippen LogP contribution is 2.36. The Kier molecular flexibility index (Phi) is 3.21. The van der Waals surface area contributed by atoms with Crippen molar-refractivity contribution in [3.05, 3.63) is 35.7 Å². The molecule has 7 heteroatoms. The number of benzene rings is 1. The Morgan fingerprint density at radius 1 is 1.25 bits per heavy atom. The van der Waals surface area contributed by atoms with E-state index in [9.17, 15) is 13.2 Å². The van der Waals surface area contributed by atoms with E-state index in [1.807, 2.05) is 0 Å². The predicted molar refractivity (Wildman–Crippen MR) is 64.6 cm³/mol. The third-order valence-electron chi connectivity index (χ3n) is 3.06. The van der Waals surface area contributed by atoms with E-state index in [0.29, 0.717) is 18.4 Å². The van der Waals surface area contributed by atoms with E-state index >= 15 is 0 Å². The Labute approximate surface area is 113 Å². The van der Waals surface area contributed by atoms with Crippen molar-refractivity contribution in [2.75, 3.05) is 0 Å². The van der Waals surface area contributed by atoms with Crippen LogP contribution in [-0.4, -0.2) is 16.2 Å². The van der Waals surface area contributed by atoms with Crippen LogP contribution in [0.5, 0.6) is 0 Å². The first-order valence-corrected chi connectivity index (χ1v) is 6.26. The molecular formula is C13H12F3N3O. The summed E-state index contributed by atoms with van der Waals surface area (Å²) in [6.45, 7) is 0.405. The number of aromatic nitrogens is 2. The molecule has 0 aliphatic heterocycles. The molecule has 2 aromatic rings. The van der Waals surface area contributed by atoms with Gasteiger partial charge in [-0.15, -0.1) is 0 Å². The van der Waals surface area contributed by atoms with Crippen molar-refractivity contribution in [2.24, 2.45) is 0 Å². The van der Waals surface area contributed by atoms with Crippen LogP contribution in [0.1, 0.15) is 24.2 Å². The van der Waals surface area contributed by atoms with Gasteiger partial charge >= 0.3 is 6.18 Å². The molecule has 0 saturated heterocycles. The van der Waals surface area contributed by atoms with Crippen LogP contribution in [0, 0.1) is 0 Å². The number of hydrogen-bond donors (Lipinski definition) is 1. The van der Waals surface area contributed by atoms with Crippen molar-refractivity contribution in [2.45, 2.75) is 31.6 Å². The lowest BCUT2D eigenvalue weighted by molar-refractivity contribution is -0.137. The second-order valence-electron chi connectivity index (χ2n) is 4.71. The van der Waals surface area contributed by atoms with Gasteiger partial charge in [-0.2, -0.15) is 18.2 Å². The summed E-state index contributed by atoms with van der Waals surface area (Å²) in [5.74, 6) is 0.259. The maximum Gasteiger partial charge on any atom is 0.417 e. The fourth-order valence-corrected chi connectivity index (χ4v) is 1.88. The van der Waals surface area contributed by atoms with Crippen LogP contribution in [0.4, 0.5) is 13.2 Å². The van der Waals surface area contributed by atoms with Gasteiger partial charge in [0.05, 0.1) is 17.7 Å². The van der Waals surface area contributed by atoms with E-state index in [2.05, 4.69) is 15.5 Å². The fourth-order valence-electron chi connectivity index (χ4n) is 1.88. The van der Waals surface area contributed by atoms with Gasteiger partial charge in [-0.3, -0.25) is 0 Å². The highest BCUT2D eigenvalue weighted by atomic mass is 19.4. The van der Waals surface area contributed by atoms with Crippen LogP contribution in [0.25, 0.3) is 11.5 Å². The summed E-state index contributed by atoms with van der Waals surface area (Å²) < 4.78 is 43.6. The van der Waals surface area contributed by atoms with Crippen LogP contribution < -0.4 is 5.32 Å². The number of nitrogens with zero attached hydrogens (tertiary/aromatic N) is 2. The summed E-state index contributed by atoms with van der Waals surface area (Å²) in [4.78, 5) is 4.01. The van der Waals surface area contributed by atoms with Gasteiger partial charge in [0.25, 0.3) is 5.89 Å². The maximum absolute atomic E-state index is 12.9. The van der Waals surface area contributed by atoms with Gasteiger partial charge in [-0.1, -0.05) is 17.3 Å². The SMILES string of the molecule is FC(F)(F)c1ccccc1-c1nc(CNC2CC2)no1. The summed E-state index contributed by atoms with van der Waals surface area (Å²) in [6, 6.07) is 5.64. The van der Waals surface area contributed by atoms with E-state index in [0.717, 1.165) is 18.9 Å². The molecule has 0 radical (unpaired) electrons. The minimum atomic E-state index is -4.45. The van der Waals surface area contributed by atoms with Gasteiger partial charge in [0.1, 0.15) is 0 Å². The number of rotatable bonds is 4. The monoisotopic (exact) mass is 283 g/mol. The van der Waals surface area contributed by atoms with Crippen LogP contribution in [0.15, 0.2) is 28.8 Å². The van der Waals surface area contributed by atoms with Crippen molar-refractivity contribution in [3.8, 4) is 11.5 Å². The van der Waals surface area contributed by atoms with Crippen LogP contribution in [0.3, 0.4) is 0 Å². The lowest BCUT2D eigenvalue weighted by Gasteiger charge is -2.09. The molecule has 1 heterocycles. The van der Waals surface area contributed by atoms with Crippen LogP contribution in [0.2, 0.25) is 0 Å². The van der Waals surface area contributed by atoms with Crippen molar-refractivity contribution in [3.63, 3.8) is 0 Å². The molecule has 1 N–H and O–H groups in total. The molecule has 20 heavy (non-hydrogen) atoms. The zero-order valence-electron chi connectivity index (χ0n) is 10.4. The maximum atomic E-state index is 12.9. The van der Waals surface area contributed by atoms with Crippen molar-refractivity contribution < 1.29 is 17.7 Å². The van der Waals surface area contributed by atoms with Gasteiger partial charge in [-0.25, -0.2) is 0 Å². The van der Waals surface area contributed by atoms with E-state index < -0.39 is 11.7 Å². The lowest BCUT2D eigenvalue weighted by atomic mass is 10.1. The van der Waals surface area contributed by atoms with E-state index in [4.69, 9.17) is 4.52 Å². The first kappa shape index (κ1) is 13.1. The smallest absolute Gasteiger partial charge is 0.334 e. The molecule has 0 atom stereocenters. The Morgan fingerprint density at radius 3 is 2.70 bits per heavy atom. The molecule has 1 fully saturated rings. The molecular weight excluding hydrogens is 271 g/mol. The first-order valence-electron chi connectivity index (χ1n) is 6.26. The Morgan fingerprint density at radius 2 is 2.00 bits per heavy atom. The van der Waals surface area contributed by atoms with Crippen LogP contribution >= 0.6 is 0 Å². The van der Waals surface area contributed by atoms with E-state index in [-0.39, 0.29) is 11.5 Å². The molecule has 106 valence electrons. The van der Waals surface area contributed by atoms with Crippen molar-refractivity contribution in [1.82, 2.24) is 15.5 Å². The molecule has 1 aliphatic rings. The lowest BCUT2D eigenvalue weighted by Crippen LogP contribution is -2.16. The molecule has 0 bridgehead atoms. The topological polar surface area (TPSA) is 51.0 Å². The second-order valence-corrected chi connectivity index (χ2v) is 4.71. The van der Waals surface area contributed by atoms with Gasteiger partial charge in [-0.05, 0) is 25.0 Å². The van der Waals surface area contributed by atoms with Crippen molar-refractivity contribution in [1.29, 1.82) is 0 Å². The number of nitrogens with one attached hydrogen (secondary N) is 1. The molecule has 1 saturated carbocycles. The average molecular weight is 283 g/mol. The standard InChI is InChI=1S/C13H12F3N3O/c14-13(15,16)10-4-2-1-3-9(10)12-18-11(19-20-12)7-17-8-5-6-8/h1-4,8,17H,5-7H2. The molecule has 1 aromatic heterocycles. The summed E-state index contributed by atoms with van der Waals surface area (Å²) in [7, 11) is 0. The molecule has 1 aromatic carbocycles. The zero-order chi connectivity index (χ0) is 14.2. The third kappa shape index (κ3) is 2.82. The van der Waals surface area contributed by atoms with Gasteiger partial charge in [0, 0.05) is 6.04 Å². The summed E-state index contributed by atoms with van der Waals surface area (Å²) in [5.41, 5.74) is -0.865. The Balaban J connectivity index is 1.85. The summed E-state index contributed by atoms with van der Waals surface area (Å²) in [5, 5.41) is 6.87. The van der Waals surface area contributed by atoms with Crippen molar-refractivity contribution >= 4 is 0 Å². The molecule has 4 nitrogen and oxygen atoms in total. The normalized spacial score (nSPS) is 15.6. The largest absolute Gasteiger partial charge is 0.417 e. The minimum absolute atomic E-state index is 0.0924. The third-order valence-corrected chi connectivity index (χ3v) is 3.06. The zero-order valence-corrected chi connectivity index (χ0v) is 10.4. The Bertz CT molecular complexity index is 605.